The third-order valence-electron chi connectivity index (χ3n) is 5.53. The van der Waals surface area contributed by atoms with E-state index in [9.17, 15) is 9.90 Å². The number of carbonyl (C=O) groups excluding carboxylic acids is 1. The molecule has 0 bridgehead atoms. The Balaban J connectivity index is 1.30. The van der Waals surface area contributed by atoms with Crippen molar-refractivity contribution in [1.29, 1.82) is 0 Å². The molecule has 3 heterocycles. The first kappa shape index (κ1) is 21.2. The molecule has 3 unspecified atom stereocenters. The van der Waals surface area contributed by atoms with Gasteiger partial charge < -0.3 is 9.84 Å². The van der Waals surface area contributed by atoms with Gasteiger partial charge in [-0.25, -0.2) is 0 Å². The Hall–Kier alpha value is -2.02. The van der Waals surface area contributed by atoms with Gasteiger partial charge in [0.25, 0.3) is 0 Å². The van der Waals surface area contributed by atoms with Crippen molar-refractivity contribution in [2.45, 2.75) is 42.4 Å². The molecule has 158 valence electrons. The summed E-state index contributed by atoms with van der Waals surface area (Å²) in [6, 6.07) is 7.03. The highest BCUT2D eigenvalue weighted by Crippen LogP contribution is 2.39. The summed E-state index contributed by atoms with van der Waals surface area (Å²) in [4.78, 5) is 19.5. The zero-order chi connectivity index (χ0) is 21.1. The lowest BCUT2D eigenvalue weighted by Gasteiger charge is -2.26. The fraction of sp³-hybridized carbons (Fsp3) is 0.524. The van der Waals surface area contributed by atoms with Gasteiger partial charge in [0.05, 0.1) is 18.0 Å². The summed E-state index contributed by atoms with van der Waals surface area (Å²) in [7, 11) is 1.95. The maximum absolute atomic E-state index is 12.6. The van der Waals surface area contributed by atoms with Gasteiger partial charge >= 0.3 is 5.97 Å². The standard InChI is InChI=1S/C21H24N4O3S2/c1-3-4-9-21(23-24-21)10-11-28-20(27)16-13-30-19(25(16)2)15-12-29-18(22-15)14-7-5-6-8-17(14)26/h1,5-8,15-16,19,26H,4,9-13H2,2H3. The van der Waals surface area contributed by atoms with Crippen LogP contribution in [0.1, 0.15) is 24.8 Å². The molecule has 1 aromatic carbocycles. The molecule has 9 heteroatoms. The zero-order valence-corrected chi connectivity index (χ0v) is 18.4. The Labute approximate surface area is 184 Å². The van der Waals surface area contributed by atoms with Crippen molar-refractivity contribution in [2.24, 2.45) is 15.2 Å². The van der Waals surface area contributed by atoms with Gasteiger partial charge in [0.15, 0.2) is 5.66 Å². The summed E-state index contributed by atoms with van der Waals surface area (Å²) < 4.78 is 5.53. The van der Waals surface area contributed by atoms with E-state index in [1.165, 1.54) is 0 Å². The molecular formula is C21H24N4O3S2. The third-order valence-corrected chi connectivity index (χ3v) is 8.13. The Morgan fingerprint density at radius 1 is 1.37 bits per heavy atom. The second-order valence-corrected chi connectivity index (χ2v) is 9.70. The summed E-state index contributed by atoms with van der Waals surface area (Å²) >= 11 is 3.38. The van der Waals surface area contributed by atoms with Crippen LogP contribution < -0.4 is 0 Å². The molecule has 3 aliphatic rings. The highest BCUT2D eigenvalue weighted by Gasteiger charge is 2.43. The number of terminal acetylenes is 1. The minimum Gasteiger partial charge on any atom is -0.507 e. The number of aromatic hydroxyl groups is 1. The first-order chi connectivity index (χ1) is 14.5. The summed E-state index contributed by atoms with van der Waals surface area (Å²) in [5.41, 5.74) is 0.335. The van der Waals surface area contributed by atoms with Crippen LogP contribution in [0.25, 0.3) is 0 Å². The number of phenols is 1. The molecular weight excluding hydrogens is 420 g/mol. The van der Waals surface area contributed by atoms with Gasteiger partial charge in [0.2, 0.25) is 0 Å². The molecule has 3 aliphatic heterocycles. The molecule has 30 heavy (non-hydrogen) atoms. The predicted molar refractivity (Wildman–Crippen MR) is 120 cm³/mol. The molecule has 7 nitrogen and oxygen atoms in total. The number of hydrogen-bond acceptors (Lipinski definition) is 9. The predicted octanol–water partition coefficient (Wildman–Crippen LogP) is 3.14. The molecule has 4 rings (SSSR count). The van der Waals surface area contributed by atoms with Gasteiger partial charge in [-0.05, 0) is 19.2 Å². The van der Waals surface area contributed by atoms with Crippen LogP contribution in [0.4, 0.5) is 0 Å². The van der Waals surface area contributed by atoms with Crippen LogP contribution in [-0.2, 0) is 9.53 Å². The summed E-state index contributed by atoms with van der Waals surface area (Å²) in [6.45, 7) is 0.297. The monoisotopic (exact) mass is 444 g/mol. The average Bonchev–Trinajstić information content (AvgIpc) is 3.15. The fourth-order valence-electron chi connectivity index (χ4n) is 3.64. The number of phenolic OH excluding ortho intramolecular Hbond substituents is 1. The molecule has 1 aromatic rings. The maximum atomic E-state index is 12.6. The smallest absolute Gasteiger partial charge is 0.324 e. The normalized spacial score (nSPS) is 26.9. The zero-order valence-electron chi connectivity index (χ0n) is 16.7. The second-order valence-electron chi connectivity index (χ2n) is 7.54. The lowest BCUT2D eigenvalue weighted by molar-refractivity contribution is -0.148. The van der Waals surface area contributed by atoms with E-state index in [-0.39, 0.29) is 29.2 Å². The molecule has 0 spiro atoms. The van der Waals surface area contributed by atoms with E-state index < -0.39 is 5.66 Å². The minimum atomic E-state index is -0.430. The third kappa shape index (κ3) is 4.51. The van der Waals surface area contributed by atoms with E-state index in [1.807, 2.05) is 19.2 Å². The minimum absolute atomic E-state index is 0.0634. The number of thioether (sulfide) groups is 2. The molecule has 0 aromatic heterocycles. The molecule has 0 radical (unpaired) electrons. The van der Waals surface area contributed by atoms with Gasteiger partial charge in [-0.15, -0.1) is 35.9 Å². The van der Waals surface area contributed by atoms with Crippen molar-refractivity contribution in [3.05, 3.63) is 29.8 Å². The lowest BCUT2D eigenvalue weighted by atomic mass is 10.1. The molecule has 0 saturated carbocycles. The van der Waals surface area contributed by atoms with E-state index >= 15 is 0 Å². The van der Waals surface area contributed by atoms with Gasteiger partial charge in [0.1, 0.15) is 16.8 Å². The number of carbonyl (C=O) groups is 1. The van der Waals surface area contributed by atoms with Crippen LogP contribution in [0.2, 0.25) is 0 Å². The topological polar surface area (TPSA) is 86.9 Å². The van der Waals surface area contributed by atoms with Crippen LogP contribution in [0.5, 0.6) is 5.75 Å². The Morgan fingerprint density at radius 2 is 2.17 bits per heavy atom. The van der Waals surface area contributed by atoms with Crippen molar-refractivity contribution >= 4 is 34.5 Å². The fourth-order valence-corrected chi connectivity index (χ4v) is 6.39. The number of nitrogens with zero attached hydrogens (tertiary/aromatic N) is 4. The first-order valence-corrected chi connectivity index (χ1v) is 11.9. The van der Waals surface area contributed by atoms with Crippen molar-refractivity contribution < 1.29 is 14.6 Å². The maximum Gasteiger partial charge on any atom is 0.324 e. The molecule has 1 fully saturated rings. The van der Waals surface area contributed by atoms with Crippen LogP contribution in [0.15, 0.2) is 39.5 Å². The molecule has 3 atom stereocenters. The first-order valence-electron chi connectivity index (χ1n) is 9.90. The van der Waals surface area contributed by atoms with Gasteiger partial charge in [-0.3, -0.25) is 14.7 Å². The largest absolute Gasteiger partial charge is 0.507 e. The summed E-state index contributed by atoms with van der Waals surface area (Å²) in [5.74, 6) is 4.14. The van der Waals surface area contributed by atoms with E-state index in [2.05, 4.69) is 21.0 Å². The molecule has 0 aliphatic carbocycles. The highest BCUT2D eigenvalue weighted by molar-refractivity contribution is 8.14. The van der Waals surface area contributed by atoms with E-state index in [0.29, 0.717) is 31.6 Å². The van der Waals surface area contributed by atoms with E-state index in [0.717, 1.165) is 16.4 Å². The average molecular weight is 445 g/mol. The van der Waals surface area contributed by atoms with Crippen LogP contribution in [-0.4, -0.2) is 69.3 Å². The summed E-state index contributed by atoms with van der Waals surface area (Å²) in [5, 5.41) is 19.2. The van der Waals surface area contributed by atoms with Crippen molar-refractivity contribution in [3.63, 3.8) is 0 Å². The number of benzene rings is 1. The van der Waals surface area contributed by atoms with Crippen molar-refractivity contribution in [2.75, 3.05) is 25.2 Å². The number of hydrogen-bond donors (Lipinski definition) is 1. The van der Waals surface area contributed by atoms with Crippen molar-refractivity contribution in [1.82, 2.24) is 4.90 Å². The Kier molecular flexibility index (Phi) is 6.37. The van der Waals surface area contributed by atoms with Gasteiger partial charge in [-0.1, -0.05) is 12.1 Å². The molecule has 1 N–H and O–H groups in total. The Bertz CT molecular complexity index is 908. The number of esters is 1. The number of ether oxygens (including phenoxy) is 1. The quantitative estimate of drug-likeness (QED) is 0.490. The van der Waals surface area contributed by atoms with Gasteiger partial charge in [0, 0.05) is 36.3 Å². The summed E-state index contributed by atoms with van der Waals surface area (Å²) in [6.07, 6.45) is 7.21. The number of para-hydroxylation sites is 1. The lowest BCUT2D eigenvalue weighted by Crippen LogP contribution is -2.43. The van der Waals surface area contributed by atoms with Gasteiger partial charge in [-0.2, -0.15) is 10.2 Å². The van der Waals surface area contributed by atoms with Crippen LogP contribution in [0, 0.1) is 12.3 Å². The number of likely N-dealkylation sites (N-methyl/N-ethyl adjacent to an activating group) is 1. The van der Waals surface area contributed by atoms with E-state index in [1.54, 1.807) is 35.7 Å². The van der Waals surface area contributed by atoms with Crippen LogP contribution >= 0.6 is 23.5 Å². The van der Waals surface area contributed by atoms with Crippen molar-refractivity contribution in [3.8, 4) is 18.1 Å². The highest BCUT2D eigenvalue weighted by atomic mass is 32.2. The number of aliphatic imine (C=N–C) groups is 1. The molecule has 1 saturated heterocycles. The molecule has 0 amide bonds. The number of rotatable bonds is 8. The SMILES string of the molecule is C#CCCC1(CCOC(=O)C2CSC(C3CSC(c4ccccc4O)=N3)N2C)N=N1. The van der Waals surface area contributed by atoms with E-state index in [4.69, 9.17) is 16.2 Å². The second kappa shape index (κ2) is 9.00. The van der Waals surface area contributed by atoms with Crippen LogP contribution in [0.3, 0.4) is 0 Å². The Morgan fingerprint density at radius 3 is 2.90 bits per heavy atom.